The van der Waals surface area contributed by atoms with Crippen molar-refractivity contribution in [3.63, 3.8) is 0 Å². The predicted molar refractivity (Wildman–Crippen MR) is 119 cm³/mol. The molecule has 0 saturated carbocycles. The molecule has 0 bridgehead atoms. The van der Waals surface area contributed by atoms with Crippen molar-refractivity contribution in [1.82, 2.24) is 9.62 Å². The van der Waals surface area contributed by atoms with Crippen LogP contribution in [0.4, 0.5) is 4.39 Å². The van der Waals surface area contributed by atoms with Gasteiger partial charge in [-0.15, -0.1) is 0 Å². The molecule has 6 nitrogen and oxygen atoms in total. The molecule has 2 aromatic carbocycles. The maximum atomic E-state index is 13.2. The number of ether oxygens (including phenoxy) is 1. The second kappa shape index (κ2) is 8.48. The summed E-state index contributed by atoms with van der Waals surface area (Å²) in [7, 11) is -3.78. The molecule has 8 heteroatoms. The number of hydrogen-bond donors (Lipinski definition) is 1. The lowest BCUT2D eigenvalue weighted by Crippen LogP contribution is -2.48. The first-order valence-electron chi connectivity index (χ1n) is 10.9. The predicted octanol–water partition coefficient (Wildman–Crippen LogP) is 3.95. The van der Waals surface area contributed by atoms with Gasteiger partial charge in [0.2, 0.25) is 15.9 Å². The second-order valence-electron chi connectivity index (χ2n) is 9.32. The van der Waals surface area contributed by atoms with Crippen molar-refractivity contribution >= 4 is 15.9 Å². The number of hydrogen-bond acceptors (Lipinski definition) is 4. The minimum absolute atomic E-state index is 0.0375. The SMILES string of the molecule is Cc1ccc2c(c1)[C@H](NC(=O)[C@H]1CCCN(S(=O)(=O)c3ccc(F)cc3)C1)CC(C)(C)O2. The van der Waals surface area contributed by atoms with Gasteiger partial charge >= 0.3 is 0 Å². The molecular weight excluding hydrogens is 431 g/mol. The van der Waals surface area contributed by atoms with Gasteiger partial charge in [-0.25, -0.2) is 12.8 Å². The molecule has 0 spiro atoms. The topological polar surface area (TPSA) is 75.7 Å². The van der Waals surface area contributed by atoms with Crippen LogP contribution in [-0.4, -0.2) is 37.3 Å². The van der Waals surface area contributed by atoms with Crippen LogP contribution in [0.15, 0.2) is 47.4 Å². The number of carbonyl (C=O) groups excluding carboxylic acids is 1. The van der Waals surface area contributed by atoms with Gasteiger partial charge in [0.25, 0.3) is 0 Å². The van der Waals surface area contributed by atoms with Crippen molar-refractivity contribution < 1.29 is 22.3 Å². The van der Waals surface area contributed by atoms with Crippen LogP contribution in [0.2, 0.25) is 0 Å². The van der Waals surface area contributed by atoms with Crippen LogP contribution in [0.3, 0.4) is 0 Å². The number of sulfonamides is 1. The first kappa shape index (κ1) is 22.7. The number of aryl methyl sites for hydroxylation is 1. The Bertz CT molecular complexity index is 1120. The summed E-state index contributed by atoms with van der Waals surface area (Å²) < 4.78 is 46.6. The van der Waals surface area contributed by atoms with E-state index in [0.29, 0.717) is 25.8 Å². The van der Waals surface area contributed by atoms with E-state index in [0.717, 1.165) is 29.0 Å². The molecule has 2 aliphatic rings. The van der Waals surface area contributed by atoms with Crippen molar-refractivity contribution in [3.8, 4) is 5.75 Å². The monoisotopic (exact) mass is 460 g/mol. The Morgan fingerprint density at radius 1 is 1.19 bits per heavy atom. The molecule has 0 unspecified atom stereocenters. The van der Waals surface area contributed by atoms with E-state index in [1.54, 1.807) is 0 Å². The standard InChI is InChI=1S/C24H29FN2O4S/c1-16-6-11-22-20(13-16)21(14-24(2,3)31-22)26-23(28)17-5-4-12-27(15-17)32(29,30)19-9-7-18(25)8-10-19/h6-11,13,17,21H,4-5,12,14-15H2,1-3H3,(H,26,28)/t17-,21+/m0/s1. The van der Waals surface area contributed by atoms with Crippen LogP contribution in [0.5, 0.6) is 5.75 Å². The van der Waals surface area contributed by atoms with Gasteiger partial charge in [-0.2, -0.15) is 4.31 Å². The number of nitrogens with one attached hydrogen (secondary N) is 1. The summed E-state index contributed by atoms with van der Waals surface area (Å²) in [6, 6.07) is 10.5. The molecule has 0 aromatic heterocycles. The van der Waals surface area contributed by atoms with Crippen LogP contribution >= 0.6 is 0 Å². The number of piperidine rings is 1. The molecule has 172 valence electrons. The van der Waals surface area contributed by atoms with Crippen molar-refractivity contribution in [1.29, 1.82) is 0 Å². The number of benzene rings is 2. The zero-order valence-corrected chi connectivity index (χ0v) is 19.4. The first-order valence-corrected chi connectivity index (χ1v) is 12.3. The minimum Gasteiger partial charge on any atom is -0.487 e. The fraction of sp³-hybridized carbons (Fsp3) is 0.458. The fourth-order valence-electron chi connectivity index (χ4n) is 4.52. The summed E-state index contributed by atoms with van der Waals surface area (Å²) in [5, 5.41) is 3.16. The van der Waals surface area contributed by atoms with Crippen molar-refractivity contribution in [2.75, 3.05) is 13.1 Å². The first-order chi connectivity index (χ1) is 15.0. The molecule has 1 fully saturated rings. The molecule has 1 N–H and O–H groups in total. The van der Waals surface area contributed by atoms with Gasteiger partial charge in [0.1, 0.15) is 17.2 Å². The average molecular weight is 461 g/mol. The Balaban J connectivity index is 1.51. The van der Waals surface area contributed by atoms with Crippen LogP contribution < -0.4 is 10.1 Å². The Labute approximate surface area is 188 Å². The maximum Gasteiger partial charge on any atom is 0.243 e. The molecule has 0 aliphatic carbocycles. The van der Waals surface area contributed by atoms with E-state index < -0.39 is 27.4 Å². The number of halogens is 1. The third-order valence-electron chi connectivity index (χ3n) is 6.15. The van der Waals surface area contributed by atoms with Crippen LogP contribution in [0, 0.1) is 18.7 Å². The average Bonchev–Trinajstić information content (AvgIpc) is 2.74. The van der Waals surface area contributed by atoms with Gasteiger partial charge in [0.05, 0.1) is 16.9 Å². The van der Waals surface area contributed by atoms with Gasteiger partial charge in [0.15, 0.2) is 0 Å². The van der Waals surface area contributed by atoms with Gasteiger partial charge in [-0.05, 0) is 63.9 Å². The van der Waals surface area contributed by atoms with Crippen molar-refractivity contribution in [2.45, 2.75) is 56.6 Å². The largest absolute Gasteiger partial charge is 0.487 e. The van der Waals surface area contributed by atoms with E-state index in [-0.39, 0.29) is 23.4 Å². The fourth-order valence-corrected chi connectivity index (χ4v) is 6.05. The molecular formula is C24H29FN2O4S. The highest BCUT2D eigenvalue weighted by Gasteiger charge is 2.38. The van der Waals surface area contributed by atoms with Crippen LogP contribution in [0.25, 0.3) is 0 Å². The van der Waals surface area contributed by atoms with Gasteiger partial charge < -0.3 is 10.1 Å². The zero-order valence-electron chi connectivity index (χ0n) is 18.6. The summed E-state index contributed by atoms with van der Waals surface area (Å²) in [4.78, 5) is 13.2. The van der Waals surface area contributed by atoms with Crippen molar-refractivity contribution in [3.05, 3.63) is 59.4 Å². The van der Waals surface area contributed by atoms with E-state index in [1.807, 2.05) is 39.0 Å². The van der Waals surface area contributed by atoms with Crippen LogP contribution in [0.1, 0.15) is 50.3 Å². The lowest BCUT2D eigenvalue weighted by Gasteiger charge is -2.39. The van der Waals surface area contributed by atoms with Gasteiger partial charge in [-0.3, -0.25) is 4.79 Å². The molecule has 4 rings (SSSR count). The molecule has 2 aromatic rings. The number of nitrogens with zero attached hydrogens (tertiary/aromatic N) is 1. The third kappa shape index (κ3) is 4.66. The quantitative estimate of drug-likeness (QED) is 0.750. The zero-order chi connectivity index (χ0) is 23.1. The number of fused-ring (bicyclic) bond motifs is 1. The summed E-state index contributed by atoms with van der Waals surface area (Å²) in [5.41, 5.74) is 1.61. The number of rotatable bonds is 4. The molecule has 32 heavy (non-hydrogen) atoms. The summed E-state index contributed by atoms with van der Waals surface area (Å²) in [6.45, 7) is 6.44. The Morgan fingerprint density at radius 3 is 2.62 bits per heavy atom. The lowest BCUT2D eigenvalue weighted by molar-refractivity contribution is -0.127. The molecule has 1 saturated heterocycles. The van der Waals surface area contributed by atoms with Gasteiger partial charge in [-0.1, -0.05) is 17.7 Å². The molecule has 0 radical (unpaired) electrons. The van der Waals surface area contributed by atoms with Crippen molar-refractivity contribution in [2.24, 2.45) is 5.92 Å². The van der Waals surface area contributed by atoms with E-state index in [4.69, 9.17) is 4.74 Å². The van der Waals surface area contributed by atoms with E-state index >= 15 is 0 Å². The molecule has 2 aliphatic heterocycles. The Morgan fingerprint density at radius 2 is 1.91 bits per heavy atom. The summed E-state index contributed by atoms with van der Waals surface area (Å²) in [5.74, 6) is -0.326. The second-order valence-corrected chi connectivity index (χ2v) is 11.3. The molecule has 1 amide bonds. The molecule has 2 heterocycles. The number of amides is 1. The third-order valence-corrected chi connectivity index (χ3v) is 8.02. The highest BCUT2D eigenvalue weighted by atomic mass is 32.2. The smallest absolute Gasteiger partial charge is 0.243 e. The Kier molecular flexibility index (Phi) is 6.02. The summed E-state index contributed by atoms with van der Waals surface area (Å²) in [6.07, 6.45) is 1.83. The summed E-state index contributed by atoms with van der Waals surface area (Å²) >= 11 is 0. The highest BCUT2D eigenvalue weighted by molar-refractivity contribution is 7.89. The molecule has 2 atom stereocenters. The van der Waals surface area contributed by atoms with Gasteiger partial charge in [0, 0.05) is 25.1 Å². The normalized spacial score (nSPS) is 23.1. The minimum atomic E-state index is -3.78. The Hall–Kier alpha value is -2.45. The van der Waals surface area contributed by atoms with E-state index in [9.17, 15) is 17.6 Å². The van der Waals surface area contributed by atoms with E-state index in [2.05, 4.69) is 5.32 Å². The highest BCUT2D eigenvalue weighted by Crippen LogP contribution is 2.40. The van der Waals surface area contributed by atoms with E-state index in [1.165, 1.54) is 16.4 Å². The lowest BCUT2D eigenvalue weighted by atomic mass is 9.88. The number of carbonyl (C=O) groups is 1. The maximum absolute atomic E-state index is 13.2. The van der Waals surface area contributed by atoms with Crippen LogP contribution in [-0.2, 0) is 14.8 Å².